The van der Waals surface area contributed by atoms with Gasteiger partial charge in [-0.2, -0.15) is 0 Å². The molecule has 38 heavy (non-hydrogen) atoms. The van der Waals surface area contributed by atoms with Crippen molar-refractivity contribution in [1.29, 1.82) is 0 Å². The highest BCUT2D eigenvalue weighted by molar-refractivity contribution is 5.81. The highest BCUT2D eigenvalue weighted by Gasteiger charge is 2.53. The lowest BCUT2D eigenvalue weighted by atomic mass is 9.59. The van der Waals surface area contributed by atoms with Gasteiger partial charge in [0.1, 0.15) is 0 Å². The zero-order valence-corrected chi connectivity index (χ0v) is 23.8. The average Bonchev–Trinajstić information content (AvgIpc) is 2.97. The van der Waals surface area contributed by atoms with E-state index in [0.29, 0.717) is 29.6 Å². The van der Waals surface area contributed by atoms with Gasteiger partial charge in [-0.25, -0.2) is 9.86 Å². The second kappa shape index (κ2) is 12.1. The van der Waals surface area contributed by atoms with Crippen LogP contribution in [0.15, 0.2) is 11.1 Å². The Balaban J connectivity index is 1.18. The molecule has 3 N–H and O–H groups in total. The van der Waals surface area contributed by atoms with E-state index in [-0.39, 0.29) is 29.7 Å². The predicted molar refractivity (Wildman–Crippen MR) is 148 cm³/mol. The zero-order valence-electron chi connectivity index (χ0n) is 23.8. The topological polar surface area (TPSA) is 74.2 Å². The fourth-order valence-corrected chi connectivity index (χ4v) is 10.2. The van der Waals surface area contributed by atoms with E-state index in [9.17, 15) is 14.8 Å². The van der Waals surface area contributed by atoms with Crippen LogP contribution < -0.4 is 5.32 Å². The molecule has 0 aromatic heterocycles. The van der Waals surface area contributed by atoms with Crippen LogP contribution in [0.5, 0.6) is 0 Å². The monoisotopic (exact) mass is 525 g/mol. The summed E-state index contributed by atoms with van der Waals surface area (Å²) in [6.07, 6.45) is 24.3. The number of nitrogens with two attached hydrogens (primary N) is 1. The molecule has 0 radical (unpaired) electrons. The van der Waals surface area contributed by atoms with E-state index in [1.54, 1.807) is 5.57 Å². The first kappa shape index (κ1) is 27.0. The number of amides is 2. The predicted octanol–water partition coefficient (Wildman–Crippen LogP) is 6.16. The molecule has 6 rings (SSSR count). The Morgan fingerprint density at radius 1 is 0.789 bits per heavy atom. The molecule has 4 unspecified atom stereocenters. The van der Waals surface area contributed by atoms with Crippen molar-refractivity contribution in [3.05, 3.63) is 11.1 Å². The first-order chi connectivity index (χ1) is 18.6. The van der Waals surface area contributed by atoms with E-state index in [4.69, 9.17) is 0 Å². The standard InChI is InChI=1S/C33H52N2O3/c36-32(28(22-11-4-1-5-12-22)23-13-6-2-7-14-23)34-21-26-20-19-25-17-10-18-27-29(25)31(26)35(38)33(37)30(27)24-15-8-3-9-16-24/h22-24,26-28,30-31,38H,1-21H2,(H,34,36)/p+1. The molecule has 0 aromatic rings. The van der Waals surface area contributed by atoms with Gasteiger partial charge < -0.3 is 0 Å². The lowest BCUT2D eigenvalue weighted by Gasteiger charge is -2.52. The van der Waals surface area contributed by atoms with Crippen molar-refractivity contribution in [2.75, 3.05) is 6.54 Å². The zero-order chi connectivity index (χ0) is 26.1. The van der Waals surface area contributed by atoms with Gasteiger partial charge in [0.2, 0.25) is 0 Å². The van der Waals surface area contributed by atoms with Gasteiger partial charge in [0.25, 0.3) is 5.91 Å². The Morgan fingerprint density at radius 2 is 1.39 bits per heavy atom. The number of allylic oxidation sites excluding steroid dienone is 1. The van der Waals surface area contributed by atoms with Gasteiger partial charge in [-0.15, -0.1) is 0 Å². The molecule has 0 aromatic carbocycles. The van der Waals surface area contributed by atoms with Gasteiger partial charge >= 0.3 is 5.91 Å². The summed E-state index contributed by atoms with van der Waals surface area (Å²) in [6.45, 7) is 0.724. The number of quaternary nitrogens is 1. The maximum atomic E-state index is 13.9. The fraction of sp³-hybridized carbons (Fsp3) is 0.879. The number of nitrogens with zero attached hydrogens (tertiary/aromatic N) is 1. The molecule has 5 aliphatic carbocycles. The minimum Gasteiger partial charge on any atom is -0.285 e. The summed E-state index contributed by atoms with van der Waals surface area (Å²) in [5.74, 6) is 2.67. The number of hydroxylamine groups is 2. The van der Waals surface area contributed by atoms with Gasteiger partial charge in [-0.3, -0.25) is 15.3 Å². The molecule has 212 valence electrons. The highest BCUT2D eigenvalue weighted by atomic mass is 16.5. The van der Waals surface area contributed by atoms with Crippen LogP contribution in [0.25, 0.3) is 0 Å². The van der Waals surface area contributed by atoms with Crippen molar-refractivity contribution < 1.29 is 20.1 Å². The smallest absolute Gasteiger partial charge is 0.285 e. The van der Waals surface area contributed by atoms with Crippen LogP contribution in [0.1, 0.15) is 128 Å². The minimum atomic E-state index is -0.191. The van der Waals surface area contributed by atoms with Crippen molar-refractivity contribution >= 4 is 11.8 Å². The normalized spacial score (nSPS) is 34.1. The maximum absolute atomic E-state index is 13.9. The van der Waals surface area contributed by atoms with Crippen molar-refractivity contribution in [3.8, 4) is 0 Å². The summed E-state index contributed by atoms with van der Waals surface area (Å²) in [7, 11) is 0. The number of carbonyl (C=O) groups excluding carboxylic acids is 2. The Kier molecular flexibility index (Phi) is 8.61. The Hall–Kier alpha value is -1.20. The van der Waals surface area contributed by atoms with E-state index in [1.807, 2.05) is 5.32 Å². The molecular formula is C33H53N2O3+. The van der Waals surface area contributed by atoms with Gasteiger partial charge in [0.05, 0.1) is 18.5 Å². The number of carbonyl (C=O) groups is 2. The largest absolute Gasteiger partial charge is 0.314 e. The van der Waals surface area contributed by atoms with Crippen molar-refractivity contribution in [3.63, 3.8) is 0 Å². The van der Waals surface area contributed by atoms with Crippen molar-refractivity contribution in [1.82, 2.24) is 5.06 Å². The molecule has 5 nitrogen and oxygen atoms in total. The lowest BCUT2D eigenvalue weighted by molar-refractivity contribution is -0.581. The summed E-state index contributed by atoms with van der Waals surface area (Å²) in [5.41, 5.74) is 2.98. The van der Waals surface area contributed by atoms with Crippen LogP contribution in [-0.4, -0.2) is 34.7 Å². The average molecular weight is 526 g/mol. The van der Waals surface area contributed by atoms with E-state index in [1.165, 1.54) is 101 Å². The summed E-state index contributed by atoms with van der Waals surface area (Å²) in [4.78, 5) is 27.7. The Labute approximate surface area is 230 Å². The number of hydrogen-bond donors (Lipinski definition) is 2. The van der Waals surface area contributed by atoms with Crippen LogP contribution in [0, 0.1) is 41.4 Å². The van der Waals surface area contributed by atoms with Gasteiger partial charge in [-0.05, 0) is 99.9 Å². The minimum absolute atomic E-state index is 0.00239. The molecule has 0 bridgehead atoms. The van der Waals surface area contributed by atoms with E-state index < -0.39 is 0 Å². The van der Waals surface area contributed by atoms with Crippen LogP contribution in [0.4, 0.5) is 0 Å². The first-order valence-electron chi connectivity index (χ1n) is 16.7. The van der Waals surface area contributed by atoms with Gasteiger partial charge in [0, 0.05) is 11.8 Å². The van der Waals surface area contributed by atoms with Crippen molar-refractivity contribution in [2.24, 2.45) is 41.4 Å². The van der Waals surface area contributed by atoms with Crippen LogP contribution in [0.3, 0.4) is 0 Å². The first-order valence-corrected chi connectivity index (χ1v) is 16.7. The second-order valence-electron chi connectivity index (χ2n) is 14.1. The number of hydrogen-bond acceptors (Lipinski definition) is 3. The van der Waals surface area contributed by atoms with E-state index >= 15 is 0 Å². The Bertz CT molecular complexity index is 863. The summed E-state index contributed by atoms with van der Waals surface area (Å²) >= 11 is 0. The van der Waals surface area contributed by atoms with Crippen LogP contribution in [0.2, 0.25) is 0 Å². The molecule has 1 heterocycles. The summed E-state index contributed by atoms with van der Waals surface area (Å²) in [5, 5.41) is 14.7. The number of rotatable bonds is 6. The molecule has 2 amide bonds. The molecule has 5 heteroatoms. The lowest BCUT2D eigenvalue weighted by Crippen LogP contribution is -2.92. The molecular weight excluding hydrogens is 472 g/mol. The molecule has 4 fully saturated rings. The second-order valence-corrected chi connectivity index (χ2v) is 14.1. The molecule has 6 aliphatic rings. The van der Waals surface area contributed by atoms with Crippen LogP contribution in [-0.2, 0) is 9.59 Å². The van der Waals surface area contributed by atoms with Gasteiger partial charge in [-0.1, -0.05) is 63.4 Å². The van der Waals surface area contributed by atoms with E-state index in [0.717, 1.165) is 45.1 Å². The summed E-state index contributed by atoms with van der Waals surface area (Å²) in [6, 6.07) is -0.191. The van der Waals surface area contributed by atoms with Crippen molar-refractivity contribution in [2.45, 2.75) is 134 Å². The molecule has 0 spiro atoms. The molecule has 1 saturated heterocycles. The summed E-state index contributed by atoms with van der Waals surface area (Å²) < 4.78 is 0. The number of piperidine rings is 1. The Morgan fingerprint density at radius 3 is 2.03 bits per heavy atom. The van der Waals surface area contributed by atoms with E-state index in [2.05, 4.69) is 0 Å². The molecule has 3 saturated carbocycles. The third-order valence-electron chi connectivity index (χ3n) is 12.0. The third-order valence-corrected chi connectivity index (χ3v) is 12.0. The SMILES string of the molecule is O=C([NH2+]CC1CCC2=C3C(CCC2)C(C2CCCCC2)C(=O)N(O)C31)C(C1CCCCC1)C1CCCCC1. The fourth-order valence-electron chi connectivity index (χ4n) is 10.2. The third kappa shape index (κ3) is 5.28. The number of primary amides is 1. The molecule has 4 atom stereocenters. The quantitative estimate of drug-likeness (QED) is 0.322. The highest BCUT2D eigenvalue weighted by Crippen LogP contribution is 2.52. The van der Waals surface area contributed by atoms with Gasteiger partial charge in [0.15, 0.2) is 0 Å². The van der Waals surface area contributed by atoms with Crippen LogP contribution >= 0.6 is 0 Å². The molecule has 1 aliphatic heterocycles. The maximum Gasteiger partial charge on any atom is 0.314 e.